The predicted octanol–water partition coefficient (Wildman–Crippen LogP) is 3.12. The van der Waals surface area contributed by atoms with Crippen LogP contribution >= 0.6 is 0 Å². The third-order valence-electron chi connectivity index (χ3n) is 4.02. The van der Waals surface area contributed by atoms with Crippen molar-refractivity contribution in [3.8, 4) is 0 Å². The number of hydrogen-bond acceptors (Lipinski definition) is 4. The Bertz CT molecular complexity index is 1210. The van der Waals surface area contributed by atoms with Crippen LogP contribution in [-0.4, -0.2) is 20.2 Å². The highest BCUT2D eigenvalue weighted by molar-refractivity contribution is 7.92. The van der Waals surface area contributed by atoms with Crippen molar-refractivity contribution in [3.63, 3.8) is 0 Å². The molecule has 2 amide bonds. The van der Waals surface area contributed by atoms with Crippen molar-refractivity contribution in [3.05, 3.63) is 89.5 Å². The summed E-state index contributed by atoms with van der Waals surface area (Å²) in [6, 6.07) is 14.3. The van der Waals surface area contributed by atoms with Crippen LogP contribution in [0.25, 0.3) is 0 Å². The van der Waals surface area contributed by atoms with Gasteiger partial charge in [0.15, 0.2) is 0 Å². The van der Waals surface area contributed by atoms with Crippen LogP contribution in [0.4, 0.5) is 20.2 Å². The number of carbonyl (C=O) groups is 2. The summed E-state index contributed by atoms with van der Waals surface area (Å²) < 4.78 is 54.4. The van der Waals surface area contributed by atoms with Crippen LogP contribution in [0, 0.1) is 11.6 Å². The lowest BCUT2D eigenvalue weighted by Gasteiger charge is -2.10. The molecule has 0 saturated carbocycles. The van der Waals surface area contributed by atoms with Gasteiger partial charge in [-0.2, -0.15) is 0 Å². The number of primary amides is 1. The molecule has 0 atom stereocenters. The Morgan fingerprint density at radius 1 is 0.867 bits per heavy atom. The molecule has 10 heteroatoms. The number of amides is 2. The van der Waals surface area contributed by atoms with Crippen molar-refractivity contribution in [1.29, 1.82) is 0 Å². The Morgan fingerprint density at radius 2 is 1.50 bits per heavy atom. The number of sulfonamides is 1. The van der Waals surface area contributed by atoms with E-state index in [2.05, 4.69) is 10.0 Å². The van der Waals surface area contributed by atoms with E-state index >= 15 is 0 Å². The second kappa shape index (κ2) is 8.29. The quantitative estimate of drug-likeness (QED) is 0.556. The topological polar surface area (TPSA) is 118 Å². The normalized spacial score (nSPS) is 11.0. The molecule has 0 unspecified atom stereocenters. The smallest absolute Gasteiger partial charge is 0.261 e. The zero-order valence-electron chi connectivity index (χ0n) is 15.2. The van der Waals surface area contributed by atoms with Gasteiger partial charge in [0.05, 0.1) is 16.1 Å². The second-order valence-corrected chi connectivity index (χ2v) is 7.81. The van der Waals surface area contributed by atoms with Gasteiger partial charge in [0.1, 0.15) is 11.6 Å². The molecule has 30 heavy (non-hydrogen) atoms. The van der Waals surface area contributed by atoms with Crippen LogP contribution < -0.4 is 15.8 Å². The molecule has 0 radical (unpaired) electrons. The van der Waals surface area contributed by atoms with Crippen molar-refractivity contribution in [2.75, 3.05) is 10.0 Å². The first-order valence-electron chi connectivity index (χ1n) is 8.45. The molecule has 0 fully saturated rings. The fourth-order valence-corrected chi connectivity index (χ4v) is 3.61. The Kier molecular flexibility index (Phi) is 5.79. The molecule has 0 saturated heterocycles. The third kappa shape index (κ3) is 4.61. The van der Waals surface area contributed by atoms with Crippen LogP contribution in [0.2, 0.25) is 0 Å². The van der Waals surface area contributed by atoms with Gasteiger partial charge in [-0.05, 0) is 42.5 Å². The Labute approximate surface area is 170 Å². The van der Waals surface area contributed by atoms with Crippen LogP contribution in [0.5, 0.6) is 0 Å². The zero-order chi connectivity index (χ0) is 21.9. The maximum Gasteiger partial charge on any atom is 0.261 e. The minimum absolute atomic E-state index is 0.0713. The number of anilines is 2. The van der Waals surface area contributed by atoms with Crippen molar-refractivity contribution in [2.45, 2.75) is 4.90 Å². The minimum atomic E-state index is -3.80. The SMILES string of the molecule is NC(=O)c1cc(NC(=O)c2ccc(NS(=O)(=O)c3ccccc3)cc2)c(F)cc1F. The first-order chi connectivity index (χ1) is 14.2. The number of rotatable bonds is 6. The van der Waals surface area contributed by atoms with Gasteiger partial charge in [-0.3, -0.25) is 14.3 Å². The Balaban J connectivity index is 1.76. The average molecular weight is 431 g/mol. The van der Waals surface area contributed by atoms with Gasteiger partial charge in [-0.1, -0.05) is 18.2 Å². The molecule has 0 aromatic heterocycles. The van der Waals surface area contributed by atoms with Crippen molar-refractivity contribution >= 4 is 33.2 Å². The third-order valence-corrected chi connectivity index (χ3v) is 5.42. The molecule has 3 aromatic carbocycles. The van der Waals surface area contributed by atoms with Crippen LogP contribution in [-0.2, 0) is 10.0 Å². The van der Waals surface area contributed by atoms with E-state index in [1.54, 1.807) is 18.2 Å². The lowest BCUT2D eigenvalue weighted by Crippen LogP contribution is -2.17. The fraction of sp³-hybridized carbons (Fsp3) is 0. The number of halogens is 2. The molecule has 3 rings (SSSR count). The number of benzene rings is 3. The molecule has 0 aliphatic heterocycles. The lowest BCUT2D eigenvalue weighted by molar-refractivity contribution is 0.0992. The summed E-state index contributed by atoms with van der Waals surface area (Å²) in [6.07, 6.45) is 0. The van der Waals surface area contributed by atoms with E-state index in [0.29, 0.717) is 6.07 Å². The van der Waals surface area contributed by atoms with Gasteiger partial charge < -0.3 is 11.1 Å². The van der Waals surface area contributed by atoms with Gasteiger partial charge >= 0.3 is 0 Å². The zero-order valence-corrected chi connectivity index (χ0v) is 16.0. The molecular weight excluding hydrogens is 416 g/mol. The molecule has 7 nitrogen and oxygen atoms in total. The summed E-state index contributed by atoms with van der Waals surface area (Å²) in [6.45, 7) is 0. The number of hydrogen-bond donors (Lipinski definition) is 3. The van der Waals surface area contributed by atoms with Gasteiger partial charge in [-0.15, -0.1) is 0 Å². The molecule has 0 spiro atoms. The highest BCUT2D eigenvalue weighted by atomic mass is 32.2. The molecule has 0 aliphatic rings. The highest BCUT2D eigenvalue weighted by Crippen LogP contribution is 2.21. The van der Waals surface area contributed by atoms with E-state index in [0.717, 1.165) is 6.07 Å². The van der Waals surface area contributed by atoms with Gasteiger partial charge in [0.2, 0.25) is 0 Å². The lowest BCUT2D eigenvalue weighted by atomic mass is 10.1. The van der Waals surface area contributed by atoms with E-state index in [9.17, 15) is 26.8 Å². The molecule has 0 bridgehead atoms. The molecule has 0 heterocycles. The average Bonchev–Trinajstić information content (AvgIpc) is 2.70. The van der Waals surface area contributed by atoms with Crippen LogP contribution in [0.15, 0.2) is 71.6 Å². The molecule has 3 aromatic rings. The first-order valence-corrected chi connectivity index (χ1v) is 9.94. The van der Waals surface area contributed by atoms with E-state index < -0.39 is 44.7 Å². The summed E-state index contributed by atoms with van der Waals surface area (Å²) in [7, 11) is -3.80. The minimum Gasteiger partial charge on any atom is -0.366 e. The summed E-state index contributed by atoms with van der Waals surface area (Å²) in [5, 5.41) is 2.22. The number of nitrogens with one attached hydrogen (secondary N) is 2. The first kappa shape index (κ1) is 20.9. The summed E-state index contributed by atoms with van der Waals surface area (Å²) >= 11 is 0. The fourth-order valence-electron chi connectivity index (χ4n) is 2.53. The summed E-state index contributed by atoms with van der Waals surface area (Å²) in [5.74, 6) is -4.10. The molecular formula is C20H15F2N3O4S. The van der Waals surface area contributed by atoms with Gasteiger partial charge in [0.25, 0.3) is 21.8 Å². The van der Waals surface area contributed by atoms with Crippen LogP contribution in [0.1, 0.15) is 20.7 Å². The number of nitrogens with two attached hydrogens (primary N) is 1. The van der Waals surface area contributed by atoms with E-state index in [1.807, 2.05) is 0 Å². The molecule has 4 N–H and O–H groups in total. The van der Waals surface area contributed by atoms with E-state index in [1.165, 1.54) is 36.4 Å². The number of carbonyl (C=O) groups excluding carboxylic acids is 2. The monoisotopic (exact) mass is 431 g/mol. The largest absolute Gasteiger partial charge is 0.366 e. The standard InChI is InChI=1S/C20H15F2N3O4S/c21-16-11-17(22)18(10-15(16)19(23)26)24-20(27)12-6-8-13(9-7-12)25-30(28,29)14-4-2-1-3-5-14/h1-11,25H,(H2,23,26)(H,24,27). The summed E-state index contributed by atoms with van der Waals surface area (Å²) in [5.41, 5.74) is 4.29. The highest BCUT2D eigenvalue weighted by Gasteiger charge is 2.17. The van der Waals surface area contributed by atoms with E-state index in [-0.39, 0.29) is 16.1 Å². The maximum absolute atomic E-state index is 13.9. The summed E-state index contributed by atoms with van der Waals surface area (Å²) in [4.78, 5) is 23.6. The van der Waals surface area contributed by atoms with Gasteiger partial charge in [-0.25, -0.2) is 17.2 Å². The van der Waals surface area contributed by atoms with Crippen molar-refractivity contribution in [2.24, 2.45) is 5.73 Å². The second-order valence-electron chi connectivity index (χ2n) is 6.13. The maximum atomic E-state index is 13.9. The van der Waals surface area contributed by atoms with Crippen LogP contribution in [0.3, 0.4) is 0 Å². The van der Waals surface area contributed by atoms with Gasteiger partial charge in [0, 0.05) is 17.3 Å². The van der Waals surface area contributed by atoms with Crippen molar-refractivity contribution in [1.82, 2.24) is 0 Å². The Morgan fingerprint density at radius 3 is 2.10 bits per heavy atom. The predicted molar refractivity (Wildman–Crippen MR) is 107 cm³/mol. The Hall–Kier alpha value is -3.79. The van der Waals surface area contributed by atoms with Crippen molar-refractivity contribution < 1.29 is 26.8 Å². The molecule has 154 valence electrons. The molecule has 0 aliphatic carbocycles. The van der Waals surface area contributed by atoms with E-state index in [4.69, 9.17) is 5.73 Å².